The SMILES string of the molecule is CCOC(=O)C1CCCN(Cc2ccc(C3CCCC(C[C@H](C)c4cccc5ccccc45)C3)cc2)C1. The molecule has 0 N–H and O–H groups in total. The van der Waals surface area contributed by atoms with Crippen molar-refractivity contribution in [2.45, 2.75) is 77.2 Å². The number of benzene rings is 3. The van der Waals surface area contributed by atoms with Gasteiger partial charge in [-0.1, -0.05) is 86.5 Å². The second-order valence-electron chi connectivity index (χ2n) is 11.5. The summed E-state index contributed by atoms with van der Waals surface area (Å²) in [6.07, 6.45) is 8.62. The minimum absolute atomic E-state index is 0.0239. The van der Waals surface area contributed by atoms with Crippen LogP contribution in [0.5, 0.6) is 0 Å². The number of piperidine rings is 1. The largest absolute Gasteiger partial charge is 0.466 e. The van der Waals surface area contributed by atoms with E-state index in [1.54, 1.807) is 0 Å². The molecule has 5 rings (SSSR count). The molecule has 0 amide bonds. The van der Waals surface area contributed by atoms with Crippen LogP contribution in [0.25, 0.3) is 10.8 Å². The minimum atomic E-state index is -0.0239. The topological polar surface area (TPSA) is 29.5 Å². The lowest BCUT2D eigenvalue weighted by Gasteiger charge is -2.32. The summed E-state index contributed by atoms with van der Waals surface area (Å²) >= 11 is 0. The Hall–Kier alpha value is -2.65. The average molecular weight is 498 g/mol. The minimum Gasteiger partial charge on any atom is -0.466 e. The summed E-state index contributed by atoms with van der Waals surface area (Å²) in [7, 11) is 0. The Labute approximate surface area is 223 Å². The monoisotopic (exact) mass is 497 g/mol. The van der Waals surface area contributed by atoms with Gasteiger partial charge in [0.1, 0.15) is 0 Å². The van der Waals surface area contributed by atoms with Gasteiger partial charge in [-0.15, -0.1) is 0 Å². The first-order valence-electron chi connectivity index (χ1n) is 14.6. The molecule has 1 aliphatic heterocycles. The summed E-state index contributed by atoms with van der Waals surface area (Å²) in [5, 5.41) is 2.78. The van der Waals surface area contributed by atoms with E-state index in [0.717, 1.165) is 38.4 Å². The molecule has 0 spiro atoms. The maximum absolute atomic E-state index is 12.2. The molecule has 0 bridgehead atoms. The quantitative estimate of drug-likeness (QED) is 0.295. The summed E-state index contributed by atoms with van der Waals surface area (Å²) in [6, 6.07) is 25.0. The molecule has 3 nitrogen and oxygen atoms in total. The van der Waals surface area contributed by atoms with E-state index in [1.165, 1.54) is 59.6 Å². The number of rotatable bonds is 8. The molecule has 196 valence electrons. The smallest absolute Gasteiger partial charge is 0.310 e. The van der Waals surface area contributed by atoms with Crippen molar-refractivity contribution >= 4 is 16.7 Å². The van der Waals surface area contributed by atoms with E-state index in [0.29, 0.717) is 18.4 Å². The maximum atomic E-state index is 12.2. The molecule has 3 aromatic rings. The standard InChI is InChI=1S/C34H43NO2/c1-3-37-34(36)31-13-8-20-35(24-31)23-26-16-18-28(19-17-26)30-12-6-9-27(22-30)21-25(2)32-15-7-11-29-10-4-5-14-33(29)32/h4-5,7,10-11,14-19,25,27,30-31H,3,6,8-9,12-13,20-24H2,1-2H3/t25-,27?,30?,31?/m0/s1. The number of carbonyl (C=O) groups excluding carboxylic acids is 1. The van der Waals surface area contributed by atoms with Crippen LogP contribution < -0.4 is 0 Å². The van der Waals surface area contributed by atoms with Crippen molar-refractivity contribution in [2.24, 2.45) is 11.8 Å². The van der Waals surface area contributed by atoms with Gasteiger partial charge < -0.3 is 4.74 Å². The van der Waals surface area contributed by atoms with Crippen LogP contribution in [0, 0.1) is 11.8 Å². The molecule has 1 aliphatic carbocycles. The molecule has 0 aromatic heterocycles. The number of carbonyl (C=O) groups is 1. The van der Waals surface area contributed by atoms with E-state index in [-0.39, 0.29) is 11.9 Å². The van der Waals surface area contributed by atoms with Crippen LogP contribution in [-0.2, 0) is 16.1 Å². The molecule has 4 atom stereocenters. The summed E-state index contributed by atoms with van der Waals surface area (Å²) in [4.78, 5) is 14.6. The third-order valence-electron chi connectivity index (χ3n) is 8.81. The Bertz CT molecular complexity index is 1160. The van der Waals surface area contributed by atoms with Crippen LogP contribution in [0.4, 0.5) is 0 Å². The number of likely N-dealkylation sites (tertiary alicyclic amines) is 1. The fourth-order valence-electron chi connectivity index (χ4n) is 6.92. The van der Waals surface area contributed by atoms with E-state index in [9.17, 15) is 4.79 Å². The van der Waals surface area contributed by atoms with Crippen molar-refractivity contribution in [3.63, 3.8) is 0 Å². The zero-order valence-corrected chi connectivity index (χ0v) is 22.7. The van der Waals surface area contributed by atoms with E-state index in [4.69, 9.17) is 4.74 Å². The van der Waals surface area contributed by atoms with Crippen molar-refractivity contribution < 1.29 is 9.53 Å². The predicted molar refractivity (Wildman–Crippen MR) is 153 cm³/mol. The molecular weight excluding hydrogens is 454 g/mol. The molecule has 3 heteroatoms. The van der Waals surface area contributed by atoms with E-state index in [1.807, 2.05) is 6.92 Å². The highest BCUT2D eigenvalue weighted by atomic mass is 16.5. The van der Waals surface area contributed by atoms with Crippen LogP contribution in [0.2, 0.25) is 0 Å². The summed E-state index contributed by atoms with van der Waals surface area (Å²) in [5.74, 6) is 2.06. The Morgan fingerprint density at radius 2 is 1.78 bits per heavy atom. The van der Waals surface area contributed by atoms with Crippen LogP contribution in [-0.4, -0.2) is 30.6 Å². The van der Waals surface area contributed by atoms with Crippen molar-refractivity contribution in [1.29, 1.82) is 0 Å². The zero-order valence-electron chi connectivity index (χ0n) is 22.7. The van der Waals surface area contributed by atoms with Crippen molar-refractivity contribution in [3.05, 3.63) is 83.4 Å². The first-order chi connectivity index (χ1) is 18.1. The van der Waals surface area contributed by atoms with E-state index in [2.05, 4.69) is 78.6 Å². The predicted octanol–water partition coefficient (Wildman–Crippen LogP) is 8.08. The van der Waals surface area contributed by atoms with Gasteiger partial charge in [0, 0.05) is 13.1 Å². The molecule has 2 aliphatic rings. The first-order valence-corrected chi connectivity index (χ1v) is 14.6. The fraction of sp³-hybridized carbons (Fsp3) is 0.500. The number of hydrogen-bond acceptors (Lipinski definition) is 3. The van der Waals surface area contributed by atoms with Crippen LogP contribution in [0.1, 0.15) is 87.3 Å². The van der Waals surface area contributed by atoms with Gasteiger partial charge in [-0.2, -0.15) is 0 Å². The van der Waals surface area contributed by atoms with Crippen molar-refractivity contribution in [3.8, 4) is 0 Å². The molecular formula is C34H43NO2. The fourth-order valence-corrected chi connectivity index (χ4v) is 6.92. The molecule has 2 fully saturated rings. The summed E-state index contributed by atoms with van der Waals surface area (Å²) in [6.45, 7) is 7.59. The van der Waals surface area contributed by atoms with Gasteiger partial charge >= 0.3 is 5.97 Å². The lowest BCUT2D eigenvalue weighted by atomic mass is 9.74. The summed E-state index contributed by atoms with van der Waals surface area (Å²) < 4.78 is 5.27. The molecule has 1 saturated carbocycles. The van der Waals surface area contributed by atoms with Gasteiger partial charge in [0.25, 0.3) is 0 Å². The van der Waals surface area contributed by atoms with Crippen LogP contribution >= 0.6 is 0 Å². The summed E-state index contributed by atoms with van der Waals surface area (Å²) in [5.41, 5.74) is 4.37. The average Bonchev–Trinajstić information content (AvgIpc) is 2.93. The molecule has 3 aromatic carbocycles. The van der Waals surface area contributed by atoms with Crippen molar-refractivity contribution in [1.82, 2.24) is 4.90 Å². The highest BCUT2D eigenvalue weighted by Gasteiger charge is 2.28. The molecule has 1 heterocycles. The van der Waals surface area contributed by atoms with E-state index >= 15 is 0 Å². The van der Waals surface area contributed by atoms with Gasteiger partial charge in [0.05, 0.1) is 12.5 Å². The normalized spacial score (nSPS) is 23.6. The highest BCUT2D eigenvalue weighted by Crippen LogP contribution is 2.41. The molecule has 0 radical (unpaired) electrons. The number of fused-ring (bicyclic) bond motifs is 1. The second-order valence-corrected chi connectivity index (χ2v) is 11.5. The Kier molecular flexibility index (Phi) is 8.61. The zero-order chi connectivity index (χ0) is 25.6. The Morgan fingerprint density at radius 1 is 0.973 bits per heavy atom. The lowest BCUT2D eigenvalue weighted by Crippen LogP contribution is -2.38. The second kappa shape index (κ2) is 12.3. The third kappa shape index (κ3) is 6.44. The van der Waals surface area contributed by atoms with Crippen LogP contribution in [0.15, 0.2) is 66.7 Å². The Morgan fingerprint density at radius 3 is 2.62 bits per heavy atom. The van der Waals surface area contributed by atoms with Gasteiger partial charge in [-0.25, -0.2) is 0 Å². The number of ether oxygens (including phenoxy) is 1. The molecule has 1 saturated heterocycles. The Balaban J connectivity index is 1.17. The van der Waals surface area contributed by atoms with Gasteiger partial charge in [0.2, 0.25) is 0 Å². The molecule has 37 heavy (non-hydrogen) atoms. The highest BCUT2D eigenvalue weighted by molar-refractivity contribution is 5.86. The first kappa shape index (κ1) is 26.0. The van der Waals surface area contributed by atoms with Crippen molar-refractivity contribution in [2.75, 3.05) is 19.7 Å². The van der Waals surface area contributed by atoms with Gasteiger partial charge in [-0.3, -0.25) is 9.69 Å². The third-order valence-corrected chi connectivity index (χ3v) is 8.81. The molecule has 3 unspecified atom stereocenters. The number of esters is 1. The lowest BCUT2D eigenvalue weighted by molar-refractivity contribution is -0.150. The maximum Gasteiger partial charge on any atom is 0.310 e. The van der Waals surface area contributed by atoms with E-state index < -0.39 is 0 Å². The number of nitrogens with zero attached hydrogens (tertiary/aromatic N) is 1. The number of hydrogen-bond donors (Lipinski definition) is 0. The van der Waals surface area contributed by atoms with Crippen LogP contribution in [0.3, 0.4) is 0 Å². The van der Waals surface area contributed by atoms with Gasteiger partial charge in [0.15, 0.2) is 0 Å². The van der Waals surface area contributed by atoms with Gasteiger partial charge in [-0.05, 0) is 90.8 Å².